The van der Waals surface area contributed by atoms with Gasteiger partial charge in [0.15, 0.2) is 11.5 Å². The normalized spacial score (nSPS) is 16.1. The van der Waals surface area contributed by atoms with Crippen LogP contribution in [-0.2, 0) is 4.79 Å². The summed E-state index contributed by atoms with van der Waals surface area (Å²) in [6, 6.07) is 12.9. The predicted octanol–water partition coefficient (Wildman–Crippen LogP) is 3.82. The van der Waals surface area contributed by atoms with Gasteiger partial charge in [-0.25, -0.2) is 4.98 Å². The number of nitrogens with one attached hydrogen (secondary N) is 1. The monoisotopic (exact) mass is 413 g/mol. The molecule has 4 rings (SSSR count). The Kier molecular flexibility index (Phi) is 4.16. The predicted molar refractivity (Wildman–Crippen MR) is 101 cm³/mol. The van der Waals surface area contributed by atoms with Gasteiger partial charge < -0.3 is 15.2 Å². The summed E-state index contributed by atoms with van der Waals surface area (Å²) in [5.74, 6) is 0.785. The summed E-state index contributed by atoms with van der Waals surface area (Å²) in [6.07, 6.45) is 1.98. The minimum atomic E-state index is -0.229. The number of nitrogens with zero attached hydrogens (tertiary/aromatic N) is 2. The van der Waals surface area contributed by atoms with E-state index in [-0.39, 0.29) is 24.0 Å². The maximum Gasteiger partial charge on any atom is 0.226 e. The first kappa shape index (κ1) is 16.7. The van der Waals surface area contributed by atoms with Gasteiger partial charge in [0.2, 0.25) is 5.91 Å². The van der Waals surface area contributed by atoms with Crippen LogP contribution in [0.3, 0.4) is 0 Å². The van der Waals surface area contributed by atoms with Crippen molar-refractivity contribution in [1.82, 2.24) is 9.55 Å². The molecule has 0 aliphatic carbocycles. The number of hydrogen-bond donors (Lipinski definition) is 2. The number of ether oxygens (including phenoxy) is 1. The number of phenolic OH excluding ortho intramolecular Hbond substituents is 1. The summed E-state index contributed by atoms with van der Waals surface area (Å²) in [7, 11) is 1.50. The molecule has 132 valence electrons. The number of carbonyl (C=O) groups excluding carboxylic acids is 1. The van der Waals surface area contributed by atoms with Crippen LogP contribution < -0.4 is 10.1 Å². The van der Waals surface area contributed by atoms with Crippen LogP contribution >= 0.6 is 15.9 Å². The van der Waals surface area contributed by atoms with Gasteiger partial charge in [-0.3, -0.25) is 9.36 Å². The lowest BCUT2D eigenvalue weighted by Gasteiger charge is -2.23. The molecule has 3 aromatic rings. The first-order valence-electron chi connectivity index (χ1n) is 8.06. The molecule has 1 amide bonds. The summed E-state index contributed by atoms with van der Waals surface area (Å²) in [5.41, 5.74) is 2.50. The number of carbonyl (C=O) groups is 1. The number of benzene rings is 2. The summed E-state index contributed by atoms with van der Waals surface area (Å²) in [6.45, 7) is 0. The molecular formula is C19H16BrN3O3. The first-order valence-corrected chi connectivity index (χ1v) is 8.86. The van der Waals surface area contributed by atoms with Gasteiger partial charge in [0.25, 0.3) is 0 Å². The Labute approximate surface area is 158 Å². The quantitative estimate of drug-likeness (QED) is 0.683. The van der Waals surface area contributed by atoms with Gasteiger partial charge in [-0.2, -0.15) is 0 Å². The molecule has 7 heteroatoms. The van der Waals surface area contributed by atoms with Gasteiger partial charge in [0.05, 0.1) is 12.8 Å². The van der Waals surface area contributed by atoms with E-state index in [2.05, 4.69) is 26.2 Å². The minimum absolute atomic E-state index is 0.0462. The molecule has 1 unspecified atom stereocenters. The number of anilines is 1. The third-order valence-electron chi connectivity index (χ3n) is 4.48. The molecule has 0 radical (unpaired) electrons. The molecule has 6 nitrogen and oxygen atoms in total. The Morgan fingerprint density at radius 1 is 1.27 bits per heavy atom. The van der Waals surface area contributed by atoms with Crippen molar-refractivity contribution in [3.8, 4) is 17.2 Å². The molecular weight excluding hydrogens is 398 g/mol. The zero-order chi connectivity index (χ0) is 18.3. The van der Waals surface area contributed by atoms with Crippen molar-refractivity contribution in [3.05, 3.63) is 64.5 Å². The number of amides is 1. The second-order valence-electron chi connectivity index (χ2n) is 6.06. The number of phenols is 1. The molecule has 2 aromatic carbocycles. The highest BCUT2D eigenvalue weighted by molar-refractivity contribution is 9.10. The Morgan fingerprint density at radius 3 is 2.73 bits per heavy atom. The fourth-order valence-electron chi connectivity index (χ4n) is 3.20. The lowest BCUT2D eigenvalue weighted by atomic mass is 9.89. The summed E-state index contributed by atoms with van der Waals surface area (Å²) >= 11 is 3.42. The fourth-order valence-corrected chi connectivity index (χ4v) is 3.47. The number of imidazole rings is 1. The maximum atomic E-state index is 12.3. The SMILES string of the molecule is COc1ccc(C2CC(=O)Nc3c2ncn3-c2ccc(Br)cc2)cc1O. The molecule has 1 aromatic heterocycles. The van der Waals surface area contributed by atoms with Crippen LogP contribution in [0.15, 0.2) is 53.3 Å². The van der Waals surface area contributed by atoms with Gasteiger partial charge in [-0.1, -0.05) is 22.0 Å². The molecule has 2 N–H and O–H groups in total. The minimum Gasteiger partial charge on any atom is -0.504 e. The van der Waals surface area contributed by atoms with Gasteiger partial charge in [0.1, 0.15) is 12.1 Å². The molecule has 0 saturated heterocycles. The smallest absolute Gasteiger partial charge is 0.226 e. The zero-order valence-corrected chi connectivity index (χ0v) is 15.5. The molecule has 1 atom stereocenters. The van der Waals surface area contributed by atoms with Gasteiger partial charge in [0, 0.05) is 22.5 Å². The molecule has 0 bridgehead atoms. The van der Waals surface area contributed by atoms with Crippen LogP contribution in [0, 0.1) is 0 Å². The summed E-state index contributed by atoms with van der Waals surface area (Å²) in [4.78, 5) is 16.8. The van der Waals surface area contributed by atoms with Crippen molar-refractivity contribution in [2.75, 3.05) is 12.4 Å². The van der Waals surface area contributed by atoms with Crippen molar-refractivity contribution >= 4 is 27.7 Å². The molecule has 2 heterocycles. The van der Waals surface area contributed by atoms with Crippen molar-refractivity contribution in [2.24, 2.45) is 0 Å². The molecule has 0 spiro atoms. The van der Waals surface area contributed by atoms with E-state index in [1.165, 1.54) is 7.11 Å². The summed E-state index contributed by atoms with van der Waals surface area (Å²) < 4.78 is 7.93. The fraction of sp³-hybridized carbons (Fsp3) is 0.158. The lowest BCUT2D eigenvalue weighted by molar-refractivity contribution is -0.116. The van der Waals surface area contributed by atoms with Crippen molar-refractivity contribution < 1.29 is 14.6 Å². The van der Waals surface area contributed by atoms with Crippen LogP contribution in [0.2, 0.25) is 0 Å². The Morgan fingerprint density at radius 2 is 2.04 bits per heavy atom. The Balaban J connectivity index is 1.78. The van der Waals surface area contributed by atoms with Gasteiger partial charge >= 0.3 is 0 Å². The first-order chi connectivity index (χ1) is 12.6. The van der Waals surface area contributed by atoms with Crippen LogP contribution in [-0.4, -0.2) is 27.7 Å². The number of fused-ring (bicyclic) bond motifs is 1. The van der Waals surface area contributed by atoms with E-state index in [0.29, 0.717) is 11.6 Å². The van der Waals surface area contributed by atoms with E-state index >= 15 is 0 Å². The van der Waals surface area contributed by atoms with Crippen LogP contribution in [0.25, 0.3) is 5.69 Å². The van der Waals surface area contributed by atoms with Crippen LogP contribution in [0.4, 0.5) is 5.82 Å². The second kappa shape index (κ2) is 6.49. The number of halogens is 1. The second-order valence-corrected chi connectivity index (χ2v) is 6.98. The van der Waals surface area contributed by atoms with E-state index in [4.69, 9.17) is 4.74 Å². The van der Waals surface area contributed by atoms with Crippen LogP contribution in [0.1, 0.15) is 23.6 Å². The third-order valence-corrected chi connectivity index (χ3v) is 5.01. The molecule has 1 aliphatic heterocycles. The third kappa shape index (κ3) is 2.84. The molecule has 1 aliphatic rings. The van der Waals surface area contributed by atoms with E-state index in [1.54, 1.807) is 18.5 Å². The van der Waals surface area contributed by atoms with Crippen molar-refractivity contribution in [3.63, 3.8) is 0 Å². The maximum absolute atomic E-state index is 12.3. The highest BCUT2D eigenvalue weighted by Gasteiger charge is 2.31. The standard InChI is InChI=1S/C19H16BrN3O3/c1-26-16-7-2-11(8-15(16)24)14-9-17(25)22-19-18(14)21-10-23(19)13-5-3-12(20)4-6-13/h2-8,10,14,24H,9H2,1H3,(H,22,25). The Bertz CT molecular complexity index is 982. The lowest BCUT2D eigenvalue weighted by Crippen LogP contribution is -2.24. The van der Waals surface area contributed by atoms with E-state index in [9.17, 15) is 9.90 Å². The number of rotatable bonds is 3. The number of aromatic hydroxyl groups is 1. The van der Waals surface area contributed by atoms with Gasteiger partial charge in [-0.05, 0) is 42.0 Å². The molecule has 0 fully saturated rings. The number of aromatic nitrogens is 2. The van der Waals surface area contributed by atoms with Crippen molar-refractivity contribution in [1.29, 1.82) is 0 Å². The topological polar surface area (TPSA) is 76.4 Å². The van der Waals surface area contributed by atoms with Crippen molar-refractivity contribution in [2.45, 2.75) is 12.3 Å². The highest BCUT2D eigenvalue weighted by Crippen LogP contribution is 2.39. The van der Waals surface area contributed by atoms with E-state index in [0.717, 1.165) is 21.4 Å². The van der Waals surface area contributed by atoms with E-state index < -0.39 is 0 Å². The Hall–Kier alpha value is -2.80. The van der Waals surface area contributed by atoms with Gasteiger partial charge in [-0.15, -0.1) is 0 Å². The summed E-state index contributed by atoms with van der Waals surface area (Å²) in [5, 5.41) is 13.0. The van der Waals surface area contributed by atoms with Crippen LogP contribution in [0.5, 0.6) is 11.5 Å². The average molecular weight is 414 g/mol. The molecule has 26 heavy (non-hydrogen) atoms. The number of hydrogen-bond acceptors (Lipinski definition) is 4. The van der Waals surface area contributed by atoms with E-state index in [1.807, 2.05) is 34.9 Å². The average Bonchev–Trinajstić information content (AvgIpc) is 3.05. The zero-order valence-electron chi connectivity index (χ0n) is 13.9. The highest BCUT2D eigenvalue weighted by atomic mass is 79.9. The largest absolute Gasteiger partial charge is 0.504 e. The molecule has 0 saturated carbocycles. The number of methoxy groups -OCH3 is 1.